The summed E-state index contributed by atoms with van der Waals surface area (Å²) in [5, 5.41) is 9.42. The van der Waals surface area contributed by atoms with E-state index in [1.165, 1.54) is 6.07 Å². The van der Waals surface area contributed by atoms with Crippen LogP contribution in [0, 0.1) is 6.92 Å². The van der Waals surface area contributed by atoms with Crippen LogP contribution in [-0.2, 0) is 6.61 Å². The summed E-state index contributed by atoms with van der Waals surface area (Å²) in [5.74, 6) is 0.511. The number of pyridine rings is 1. The summed E-state index contributed by atoms with van der Waals surface area (Å²) in [6.07, 6.45) is 3.53. The quantitative estimate of drug-likeness (QED) is 0.627. The molecule has 0 aliphatic heterocycles. The number of hydrogen-bond acceptors (Lipinski definition) is 4. The number of aromatic nitrogens is 1. The summed E-state index contributed by atoms with van der Waals surface area (Å²) in [7, 11) is 0. The van der Waals surface area contributed by atoms with Crippen LogP contribution in [0.4, 0.5) is 5.69 Å². The second-order valence-corrected chi connectivity index (χ2v) is 3.85. The zero-order chi connectivity index (χ0) is 12.3. The third kappa shape index (κ3) is 2.66. The normalized spacial score (nSPS) is 10.2. The molecule has 0 radical (unpaired) electrons. The van der Waals surface area contributed by atoms with Crippen LogP contribution in [0.3, 0.4) is 0 Å². The van der Waals surface area contributed by atoms with E-state index in [1.54, 1.807) is 24.5 Å². The lowest BCUT2D eigenvalue weighted by molar-refractivity contribution is 0.306. The van der Waals surface area contributed by atoms with Gasteiger partial charge < -0.3 is 15.6 Å². The van der Waals surface area contributed by atoms with Crippen LogP contribution in [0.2, 0.25) is 0 Å². The van der Waals surface area contributed by atoms with Crippen LogP contribution < -0.4 is 10.5 Å². The number of ether oxygens (including phenoxy) is 1. The molecule has 0 atom stereocenters. The fraction of sp³-hybridized carbons (Fsp3) is 0.154. The number of aryl methyl sites for hydroxylation is 1. The molecule has 0 saturated heterocycles. The van der Waals surface area contributed by atoms with Crippen molar-refractivity contribution in [1.82, 2.24) is 4.98 Å². The Hall–Kier alpha value is -2.23. The Morgan fingerprint density at radius 3 is 2.94 bits per heavy atom. The lowest BCUT2D eigenvalue weighted by Crippen LogP contribution is -1.99. The van der Waals surface area contributed by atoms with Crippen molar-refractivity contribution >= 4 is 5.69 Å². The summed E-state index contributed by atoms with van der Waals surface area (Å²) in [6, 6.07) is 6.93. The van der Waals surface area contributed by atoms with Crippen molar-refractivity contribution in [2.75, 3.05) is 5.73 Å². The molecule has 1 aromatic heterocycles. The first-order chi connectivity index (χ1) is 8.16. The highest BCUT2D eigenvalue weighted by atomic mass is 16.5. The Morgan fingerprint density at radius 2 is 2.18 bits per heavy atom. The highest BCUT2D eigenvalue weighted by molar-refractivity contribution is 5.61. The van der Waals surface area contributed by atoms with Crippen molar-refractivity contribution in [3.8, 4) is 11.5 Å². The molecule has 1 aromatic carbocycles. The van der Waals surface area contributed by atoms with Gasteiger partial charge in [-0.15, -0.1) is 0 Å². The molecule has 1 heterocycles. The monoisotopic (exact) mass is 230 g/mol. The number of benzene rings is 1. The molecule has 4 heteroatoms. The first kappa shape index (κ1) is 11.3. The van der Waals surface area contributed by atoms with Crippen molar-refractivity contribution in [2.45, 2.75) is 13.5 Å². The fourth-order valence-corrected chi connectivity index (χ4v) is 1.52. The van der Waals surface area contributed by atoms with E-state index < -0.39 is 0 Å². The topological polar surface area (TPSA) is 68.4 Å². The molecule has 0 amide bonds. The maximum absolute atomic E-state index is 9.42. The van der Waals surface area contributed by atoms with Gasteiger partial charge in [-0.3, -0.25) is 4.98 Å². The summed E-state index contributed by atoms with van der Waals surface area (Å²) in [6.45, 7) is 2.35. The Labute approximate surface area is 99.7 Å². The SMILES string of the molecule is Cc1cncc(COc2cccc(O)c2N)c1. The number of nitrogens with zero attached hydrogens (tertiary/aromatic N) is 1. The first-order valence-corrected chi connectivity index (χ1v) is 5.27. The summed E-state index contributed by atoms with van der Waals surface area (Å²) in [5.41, 5.74) is 7.99. The molecule has 3 N–H and O–H groups in total. The van der Waals surface area contributed by atoms with Gasteiger partial charge >= 0.3 is 0 Å². The van der Waals surface area contributed by atoms with Crippen LogP contribution in [0.25, 0.3) is 0 Å². The Morgan fingerprint density at radius 1 is 1.35 bits per heavy atom. The van der Waals surface area contributed by atoms with E-state index in [-0.39, 0.29) is 11.4 Å². The van der Waals surface area contributed by atoms with Crippen molar-refractivity contribution in [3.05, 3.63) is 47.8 Å². The molecule has 88 valence electrons. The van der Waals surface area contributed by atoms with Gasteiger partial charge in [0.05, 0.1) is 0 Å². The first-order valence-electron chi connectivity index (χ1n) is 5.27. The predicted molar refractivity (Wildman–Crippen MR) is 65.8 cm³/mol. The van der Waals surface area contributed by atoms with Crippen LogP contribution in [0.1, 0.15) is 11.1 Å². The zero-order valence-corrected chi connectivity index (χ0v) is 9.55. The predicted octanol–water partition coefficient (Wildman–Crippen LogP) is 2.26. The van der Waals surface area contributed by atoms with Gasteiger partial charge in [0.15, 0.2) is 0 Å². The molecule has 0 aliphatic rings. The number of nitrogen functional groups attached to an aromatic ring is 1. The molecule has 2 rings (SSSR count). The second kappa shape index (κ2) is 4.74. The highest BCUT2D eigenvalue weighted by Crippen LogP contribution is 2.30. The average Bonchev–Trinajstić information content (AvgIpc) is 2.31. The number of hydrogen-bond donors (Lipinski definition) is 2. The standard InChI is InChI=1S/C13H14N2O2/c1-9-5-10(7-15-6-9)8-17-12-4-2-3-11(16)13(12)14/h2-7,16H,8,14H2,1H3. The van der Waals surface area contributed by atoms with Gasteiger partial charge in [0, 0.05) is 18.0 Å². The van der Waals surface area contributed by atoms with Gasteiger partial charge in [-0.2, -0.15) is 0 Å². The Balaban J connectivity index is 2.10. The van der Waals surface area contributed by atoms with Crippen molar-refractivity contribution < 1.29 is 9.84 Å². The number of rotatable bonds is 3. The maximum atomic E-state index is 9.42. The van der Waals surface area contributed by atoms with E-state index in [0.717, 1.165) is 11.1 Å². The molecule has 2 aromatic rings. The number of phenolic OH excluding ortho intramolecular Hbond substituents is 1. The number of anilines is 1. The Kier molecular flexibility index (Phi) is 3.14. The lowest BCUT2D eigenvalue weighted by Gasteiger charge is -2.09. The van der Waals surface area contributed by atoms with Gasteiger partial charge in [0.1, 0.15) is 23.8 Å². The van der Waals surface area contributed by atoms with Gasteiger partial charge in [-0.1, -0.05) is 6.07 Å². The molecule has 0 spiro atoms. The summed E-state index contributed by atoms with van der Waals surface area (Å²) in [4.78, 5) is 4.08. The molecular weight excluding hydrogens is 216 g/mol. The van der Waals surface area contributed by atoms with Crippen LogP contribution in [-0.4, -0.2) is 10.1 Å². The maximum Gasteiger partial charge on any atom is 0.146 e. The number of aromatic hydroxyl groups is 1. The average molecular weight is 230 g/mol. The molecular formula is C13H14N2O2. The molecule has 0 saturated carbocycles. The minimum absolute atomic E-state index is 0.0323. The molecule has 4 nitrogen and oxygen atoms in total. The van der Waals surface area contributed by atoms with E-state index >= 15 is 0 Å². The smallest absolute Gasteiger partial charge is 0.146 e. The molecule has 0 aliphatic carbocycles. The minimum atomic E-state index is 0.0323. The summed E-state index contributed by atoms with van der Waals surface area (Å²) < 4.78 is 5.53. The molecule has 0 bridgehead atoms. The van der Waals surface area contributed by atoms with Crippen molar-refractivity contribution in [2.24, 2.45) is 0 Å². The van der Waals surface area contributed by atoms with E-state index in [2.05, 4.69) is 4.98 Å². The number of para-hydroxylation sites is 1. The molecule has 0 unspecified atom stereocenters. The van der Waals surface area contributed by atoms with Crippen molar-refractivity contribution in [1.29, 1.82) is 0 Å². The van der Waals surface area contributed by atoms with Gasteiger partial charge in [-0.25, -0.2) is 0 Å². The third-order valence-electron chi connectivity index (χ3n) is 2.37. The Bertz CT molecular complexity index is 527. The van der Waals surface area contributed by atoms with Gasteiger partial charge in [-0.05, 0) is 30.7 Å². The van der Waals surface area contributed by atoms with Crippen molar-refractivity contribution in [3.63, 3.8) is 0 Å². The van der Waals surface area contributed by atoms with E-state index in [0.29, 0.717) is 12.4 Å². The van der Waals surface area contributed by atoms with E-state index in [1.807, 2.05) is 13.0 Å². The van der Waals surface area contributed by atoms with E-state index in [9.17, 15) is 5.11 Å². The van der Waals surface area contributed by atoms with Crippen LogP contribution >= 0.6 is 0 Å². The van der Waals surface area contributed by atoms with E-state index in [4.69, 9.17) is 10.5 Å². The summed E-state index contributed by atoms with van der Waals surface area (Å²) >= 11 is 0. The number of phenols is 1. The lowest BCUT2D eigenvalue weighted by atomic mass is 10.2. The van der Waals surface area contributed by atoms with Gasteiger partial charge in [0.25, 0.3) is 0 Å². The zero-order valence-electron chi connectivity index (χ0n) is 9.55. The minimum Gasteiger partial charge on any atom is -0.506 e. The van der Waals surface area contributed by atoms with Crippen LogP contribution in [0.5, 0.6) is 11.5 Å². The molecule has 17 heavy (non-hydrogen) atoms. The highest BCUT2D eigenvalue weighted by Gasteiger charge is 2.04. The largest absolute Gasteiger partial charge is 0.506 e. The third-order valence-corrected chi connectivity index (χ3v) is 2.37. The fourth-order valence-electron chi connectivity index (χ4n) is 1.52. The van der Waals surface area contributed by atoms with Gasteiger partial charge in [0.2, 0.25) is 0 Å². The van der Waals surface area contributed by atoms with Crippen LogP contribution in [0.15, 0.2) is 36.7 Å². The molecule has 0 fully saturated rings. The second-order valence-electron chi connectivity index (χ2n) is 3.85. The number of nitrogens with two attached hydrogens (primary N) is 1.